The summed E-state index contributed by atoms with van der Waals surface area (Å²) in [7, 11) is 0. The summed E-state index contributed by atoms with van der Waals surface area (Å²) in [6.07, 6.45) is 3.53. The highest BCUT2D eigenvalue weighted by Gasteiger charge is 2.51. The molecule has 1 aromatic carbocycles. The van der Waals surface area contributed by atoms with Gasteiger partial charge in [-0.05, 0) is 36.2 Å². The van der Waals surface area contributed by atoms with E-state index in [1.165, 1.54) is 18.4 Å². The molecule has 76 valence electrons. The highest BCUT2D eigenvalue weighted by molar-refractivity contribution is 5.19. The molecule has 0 bridgehead atoms. The maximum absolute atomic E-state index is 9.15. The van der Waals surface area contributed by atoms with Gasteiger partial charge in [0.25, 0.3) is 0 Å². The van der Waals surface area contributed by atoms with E-state index in [0.29, 0.717) is 17.9 Å². The van der Waals surface area contributed by atoms with E-state index < -0.39 is 0 Å². The largest absolute Gasteiger partial charge is 0.396 e. The van der Waals surface area contributed by atoms with Crippen LogP contribution in [0.25, 0.3) is 0 Å². The SMILES string of the molecule is CCC1(Cc2ccccc2)CC1CO. The van der Waals surface area contributed by atoms with Crippen molar-refractivity contribution in [3.63, 3.8) is 0 Å². The number of hydrogen-bond acceptors (Lipinski definition) is 1. The average Bonchev–Trinajstić information content (AvgIpc) is 2.94. The maximum Gasteiger partial charge on any atom is 0.0464 e. The molecule has 0 saturated heterocycles. The Bertz CT molecular complexity index is 293. The van der Waals surface area contributed by atoms with Gasteiger partial charge in [0.1, 0.15) is 0 Å². The Labute approximate surface area is 85.8 Å². The molecular weight excluding hydrogens is 172 g/mol. The van der Waals surface area contributed by atoms with Gasteiger partial charge in [-0.2, -0.15) is 0 Å². The molecule has 1 aliphatic rings. The van der Waals surface area contributed by atoms with Crippen LogP contribution < -0.4 is 0 Å². The van der Waals surface area contributed by atoms with Crippen LogP contribution in [-0.4, -0.2) is 11.7 Å². The molecular formula is C13H18O. The van der Waals surface area contributed by atoms with Crippen molar-refractivity contribution in [2.45, 2.75) is 26.2 Å². The summed E-state index contributed by atoms with van der Waals surface area (Å²) < 4.78 is 0. The van der Waals surface area contributed by atoms with Crippen molar-refractivity contribution in [1.29, 1.82) is 0 Å². The normalized spacial score (nSPS) is 30.3. The van der Waals surface area contributed by atoms with Crippen LogP contribution in [0.1, 0.15) is 25.3 Å². The van der Waals surface area contributed by atoms with Crippen LogP contribution in [0, 0.1) is 11.3 Å². The number of hydrogen-bond donors (Lipinski definition) is 1. The molecule has 1 saturated carbocycles. The van der Waals surface area contributed by atoms with Crippen LogP contribution in [0.4, 0.5) is 0 Å². The van der Waals surface area contributed by atoms with Crippen molar-refractivity contribution in [2.24, 2.45) is 11.3 Å². The zero-order valence-corrected chi connectivity index (χ0v) is 8.74. The molecule has 14 heavy (non-hydrogen) atoms. The van der Waals surface area contributed by atoms with Crippen molar-refractivity contribution in [1.82, 2.24) is 0 Å². The fourth-order valence-electron chi connectivity index (χ4n) is 2.47. The topological polar surface area (TPSA) is 20.2 Å². The van der Waals surface area contributed by atoms with Gasteiger partial charge in [-0.3, -0.25) is 0 Å². The minimum Gasteiger partial charge on any atom is -0.396 e. The van der Waals surface area contributed by atoms with Crippen LogP contribution >= 0.6 is 0 Å². The summed E-state index contributed by atoms with van der Waals surface area (Å²) in [5.41, 5.74) is 1.82. The van der Waals surface area contributed by atoms with Crippen LogP contribution in [0.2, 0.25) is 0 Å². The Morgan fingerprint density at radius 1 is 1.36 bits per heavy atom. The Morgan fingerprint density at radius 2 is 2.07 bits per heavy atom. The minimum absolute atomic E-state index is 0.362. The van der Waals surface area contributed by atoms with Gasteiger partial charge in [0.05, 0.1) is 0 Å². The van der Waals surface area contributed by atoms with Gasteiger partial charge in [-0.15, -0.1) is 0 Å². The molecule has 0 amide bonds. The first kappa shape index (κ1) is 9.72. The molecule has 2 unspecified atom stereocenters. The molecule has 0 aromatic heterocycles. The predicted molar refractivity (Wildman–Crippen MR) is 58.1 cm³/mol. The lowest BCUT2D eigenvalue weighted by Crippen LogP contribution is -2.08. The molecule has 0 heterocycles. The third-order valence-electron chi connectivity index (χ3n) is 3.68. The summed E-state index contributed by atoms with van der Waals surface area (Å²) >= 11 is 0. The molecule has 1 heteroatoms. The van der Waals surface area contributed by atoms with Gasteiger partial charge < -0.3 is 5.11 Å². The van der Waals surface area contributed by atoms with Crippen molar-refractivity contribution >= 4 is 0 Å². The van der Waals surface area contributed by atoms with Crippen molar-refractivity contribution < 1.29 is 5.11 Å². The monoisotopic (exact) mass is 190 g/mol. The van der Waals surface area contributed by atoms with E-state index >= 15 is 0 Å². The fourth-order valence-corrected chi connectivity index (χ4v) is 2.47. The highest BCUT2D eigenvalue weighted by Crippen LogP contribution is 2.56. The van der Waals surface area contributed by atoms with E-state index in [0.717, 1.165) is 6.42 Å². The lowest BCUT2D eigenvalue weighted by molar-refractivity contribution is 0.245. The summed E-state index contributed by atoms with van der Waals surface area (Å²) in [5.74, 6) is 0.549. The second kappa shape index (κ2) is 3.74. The van der Waals surface area contributed by atoms with E-state index in [-0.39, 0.29) is 0 Å². The molecule has 1 aliphatic carbocycles. The molecule has 0 spiro atoms. The molecule has 0 radical (unpaired) electrons. The summed E-state index contributed by atoms with van der Waals surface area (Å²) in [5, 5.41) is 9.15. The smallest absolute Gasteiger partial charge is 0.0464 e. The van der Waals surface area contributed by atoms with Crippen LogP contribution in [-0.2, 0) is 6.42 Å². The van der Waals surface area contributed by atoms with E-state index in [1.807, 2.05) is 0 Å². The zero-order chi connectivity index (χ0) is 10.0. The average molecular weight is 190 g/mol. The van der Waals surface area contributed by atoms with E-state index in [2.05, 4.69) is 37.3 Å². The summed E-state index contributed by atoms with van der Waals surface area (Å²) in [6, 6.07) is 10.6. The molecule has 2 rings (SSSR count). The minimum atomic E-state index is 0.362. The molecule has 2 atom stereocenters. The van der Waals surface area contributed by atoms with Crippen LogP contribution in [0.3, 0.4) is 0 Å². The van der Waals surface area contributed by atoms with Crippen LogP contribution in [0.5, 0.6) is 0 Å². The van der Waals surface area contributed by atoms with Crippen molar-refractivity contribution in [3.05, 3.63) is 35.9 Å². The summed E-state index contributed by atoms with van der Waals surface area (Å²) in [6.45, 7) is 2.60. The first-order valence-corrected chi connectivity index (χ1v) is 5.45. The Balaban J connectivity index is 2.04. The van der Waals surface area contributed by atoms with Gasteiger partial charge >= 0.3 is 0 Å². The van der Waals surface area contributed by atoms with Gasteiger partial charge in [0, 0.05) is 6.61 Å². The van der Waals surface area contributed by atoms with Gasteiger partial charge in [-0.1, -0.05) is 37.3 Å². The lowest BCUT2D eigenvalue weighted by Gasteiger charge is -2.14. The molecule has 1 N–H and O–H groups in total. The number of benzene rings is 1. The lowest BCUT2D eigenvalue weighted by atomic mass is 9.91. The van der Waals surface area contributed by atoms with Crippen LogP contribution in [0.15, 0.2) is 30.3 Å². The standard InChI is InChI=1S/C13H18O/c1-2-13(9-12(13)10-14)8-11-6-4-3-5-7-11/h3-7,12,14H,2,8-10H2,1H3. The first-order valence-electron chi connectivity index (χ1n) is 5.45. The Kier molecular flexibility index (Phi) is 2.60. The zero-order valence-electron chi connectivity index (χ0n) is 8.74. The fraction of sp³-hybridized carbons (Fsp3) is 0.538. The Hall–Kier alpha value is -0.820. The Morgan fingerprint density at radius 3 is 2.57 bits per heavy atom. The van der Waals surface area contributed by atoms with E-state index in [9.17, 15) is 0 Å². The molecule has 1 fully saturated rings. The number of aliphatic hydroxyl groups is 1. The van der Waals surface area contributed by atoms with Gasteiger partial charge in [-0.25, -0.2) is 0 Å². The van der Waals surface area contributed by atoms with E-state index in [1.54, 1.807) is 0 Å². The molecule has 1 aromatic rings. The quantitative estimate of drug-likeness (QED) is 0.774. The number of aliphatic hydroxyl groups excluding tert-OH is 1. The molecule has 1 nitrogen and oxygen atoms in total. The van der Waals surface area contributed by atoms with Gasteiger partial charge in [0.15, 0.2) is 0 Å². The predicted octanol–water partition coefficient (Wildman–Crippen LogP) is 2.64. The summed E-state index contributed by atoms with van der Waals surface area (Å²) in [4.78, 5) is 0. The van der Waals surface area contributed by atoms with E-state index in [4.69, 9.17) is 5.11 Å². The maximum atomic E-state index is 9.15. The third-order valence-corrected chi connectivity index (χ3v) is 3.68. The second-order valence-corrected chi connectivity index (χ2v) is 4.46. The molecule has 0 aliphatic heterocycles. The third kappa shape index (κ3) is 1.69. The second-order valence-electron chi connectivity index (χ2n) is 4.46. The highest BCUT2D eigenvalue weighted by atomic mass is 16.3. The van der Waals surface area contributed by atoms with Crippen molar-refractivity contribution in [3.8, 4) is 0 Å². The first-order chi connectivity index (χ1) is 6.80. The van der Waals surface area contributed by atoms with Crippen molar-refractivity contribution in [2.75, 3.05) is 6.61 Å². The van der Waals surface area contributed by atoms with Gasteiger partial charge in [0.2, 0.25) is 0 Å². The number of rotatable bonds is 4.